The monoisotopic (exact) mass is 480 g/mol. The van der Waals surface area contributed by atoms with Gasteiger partial charge < -0.3 is 0 Å². The van der Waals surface area contributed by atoms with E-state index in [1.54, 1.807) is 0 Å². The van der Waals surface area contributed by atoms with Crippen LogP contribution < -0.4 is 31.8 Å². The fourth-order valence-corrected chi connectivity index (χ4v) is 7.81. The van der Waals surface area contributed by atoms with Gasteiger partial charge in [0.1, 0.15) is 0 Å². The van der Waals surface area contributed by atoms with Crippen molar-refractivity contribution >= 4 is 73.5 Å². The summed E-state index contributed by atoms with van der Waals surface area (Å²) >= 11 is 3.98. The highest BCUT2D eigenvalue weighted by Crippen LogP contribution is 2.24. The Morgan fingerprint density at radius 2 is 0.821 bits per heavy atom. The van der Waals surface area contributed by atoms with E-state index in [0.717, 1.165) is 0 Å². The van der Waals surface area contributed by atoms with Gasteiger partial charge in [-0.15, -0.1) is 0 Å². The lowest BCUT2D eigenvalue weighted by Crippen LogP contribution is -2.26. The molecule has 138 valence electrons. The molecule has 0 saturated carbocycles. The number of hydrogen-bond acceptors (Lipinski definition) is 0. The van der Waals surface area contributed by atoms with Crippen molar-refractivity contribution in [2.45, 2.75) is 0 Å². The molecule has 3 unspecified atom stereocenters. The largest absolute Gasteiger partial charge is 0.0622 e. The molecule has 0 heterocycles. The maximum Gasteiger partial charge on any atom is 0.0336 e. The molecule has 4 rings (SSSR count). The minimum absolute atomic E-state index is 0.648. The van der Waals surface area contributed by atoms with Gasteiger partial charge in [-0.3, -0.25) is 0 Å². The van der Waals surface area contributed by atoms with Gasteiger partial charge in [-0.2, -0.15) is 0 Å². The lowest BCUT2D eigenvalue weighted by Gasteiger charge is -2.16. The highest BCUT2D eigenvalue weighted by atomic mass is 79.9. The van der Waals surface area contributed by atoms with E-state index >= 15 is 0 Å². The first kappa shape index (κ1) is 19.9. The van der Waals surface area contributed by atoms with Crippen molar-refractivity contribution in [1.29, 1.82) is 0 Å². The van der Waals surface area contributed by atoms with Gasteiger partial charge in [-0.1, -0.05) is 129 Å². The number of rotatable bonds is 6. The maximum atomic E-state index is 3.98. The molecule has 4 aromatic rings. The summed E-state index contributed by atoms with van der Waals surface area (Å²) in [5.41, 5.74) is 0. The average Bonchev–Trinajstić information content (AvgIpc) is 2.75. The van der Waals surface area contributed by atoms with E-state index in [2.05, 4.69) is 119 Å². The van der Waals surface area contributed by atoms with Gasteiger partial charge in [-0.05, 0) is 47.8 Å². The van der Waals surface area contributed by atoms with Gasteiger partial charge in [0.25, 0.3) is 0 Å². The molecule has 0 nitrogen and oxygen atoms in total. The fraction of sp³-hybridized carbons (Fsp3) is 0. The second-order valence-corrected chi connectivity index (χ2v) is 11.2. The van der Waals surface area contributed by atoms with Crippen LogP contribution in [0.15, 0.2) is 108 Å². The summed E-state index contributed by atoms with van der Waals surface area (Å²) in [6, 6.07) is 37.0. The quantitative estimate of drug-likeness (QED) is 0.360. The van der Waals surface area contributed by atoms with Crippen LogP contribution in [0, 0.1) is 0 Å². The minimum Gasteiger partial charge on any atom is -0.0622 e. The van der Waals surface area contributed by atoms with Gasteiger partial charge >= 0.3 is 0 Å². The van der Waals surface area contributed by atoms with Crippen molar-refractivity contribution in [3.8, 4) is 0 Å². The van der Waals surface area contributed by atoms with Crippen molar-refractivity contribution in [3.05, 3.63) is 108 Å². The number of halogens is 1. The first-order valence-corrected chi connectivity index (χ1v) is 12.9. The van der Waals surface area contributed by atoms with Crippen LogP contribution in [0.1, 0.15) is 0 Å². The summed E-state index contributed by atoms with van der Waals surface area (Å²) in [5, 5.41) is 8.38. The van der Waals surface area contributed by atoms with E-state index < -0.39 is 0 Å². The summed E-state index contributed by atoms with van der Waals surface area (Å²) in [6.45, 7) is 0. The topological polar surface area (TPSA) is 0 Å². The van der Waals surface area contributed by atoms with E-state index in [0.29, 0.717) is 25.7 Å². The molecule has 0 N–H and O–H groups in total. The van der Waals surface area contributed by atoms with E-state index in [1.165, 1.54) is 36.3 Å². The zero-order valence-electron chi connectivity index (χ0n) is 15.2. The van der Waals surface area contributed by atoms with Crippen LogP contribution in [0.25, 0.3) is 0 Å². The first-order valence-electron chi connectivity index (χ1n) is 9.08. The van der Waals surface area contributed by atoms with Crippen LogP contribution in [0.4, 0.5) is 0 Å². The molecule has 0 fully saturated rings. The molecule has 0 saturated heterocycles. The smallest absolute Gasteiger partial charge is 0.0336 e. The summed E-state index contributed by atoms with van der Waals surface area (Å²) in [7, 11) is 1.97. The van der Waals surface area contributed by atoms with E-state index in [9.17, 15) is 0 Å². The minimum atomic E-state index is 0.648. The van der Waals surface area contributed by atoms with Crippen molar-refractivity contribution in [2.24, 2.45) is 0 Å². The Kier molecular flexibility index (Phi) is 7.06. The SMILES string of the molecule is Brc1c(Pc2ccccc2)ccc(Pc2ccccc2)c1Pc1ccccc1. The fourth-order valence-electron chi connectivity index (χ4n) is 2.92. The Morgan fingerprint density at radius 1 is 0.429 bits per heavy atom. The molecule has 3 atom stereocenters. The van der Waals surface area contributed by atoms with Crippen molar-refractivity contribution in [1.82, 2.24) is 0 Å². The third-order valence-corrected chi connectivity index (χ3v) is 10.1. The number of benzene rings is 4. The van der Waals surface area contributed by atoms with Crippen molar-refractivity contribution < 1.29 is 0 Å². The molecule has 0 amide bonds. The summed E-state index contributed by atoms with van der Waals surface area (Å²) in [6.07, 6.45) is 0. The van der Waals surface area contributed by atoms with Crippen LogP contribution in [0.5, 0.6) is 0 Å². The van der Waals surface area contributed by atoms with Crippen LogP contribution in [-0.4, -0.2) is 0 Å². The molecule has 0 aliphatic heterocycles. The van der Waals surface area contributed by atoms with Gasteiger partial charge in [0.15, 0.2) is 0 Å². The second kappa shape index (κ2) is 9.91. The van der Waals surface area contributed by atoms with Gasteiger partial charge in [0, 0.05) is 4.47 Å². The second-order valence-electron chi connectivity index (χ2n) is 6.32. The zero-order valence-corrected chi connectivity index (χ0v) is 19.8. The molecule has 0 bridgehead atoms. The van der Waals surface area contributed by atoms with Crippen molar-refractivity contribution in [2.75, 3.05) is 0 Å². The molecule has 28 heavy (non-hydrogen) atoms. The van der Waals surface area contributed by atoms with Crippen molar-refractivity contribution in [3.63, 3.8) is 0 Å². The summed E-state index contributed by atoms with van der Waals surface area (Å²) in [5.74, 6) is 0. The van der Waals surface area contributed by atoms with Crippen LogP contribution in [0.3, 0.4) is 0 Å². The van der Waals surface area contributed by atoms with Crippen LogP contribution in [0.2, 0.25) is 0 Å². The molecule has 0 aliphatic carbocycles. The van der Waals surface area contributed by atoms with Gasteiger partial charge in [0.05, 0.1) is 0 Å². The van der Waals surface area contributed by atoms with Gasteiger partial charge in [-0.25, -0.2) is 0 Å². The Balaban J connectivity index is 1.71. The predicted octanol–water partition coefficient (Wildman–Crippen LogP) is 4.34. The molecule has 0 spiro atoms. The Hall–Kier alpha value is -1.35. The first-order chi connectivity index (χ1) is 13.8. The third-order valence-electron chi connectivity index (χ3n) is 4.29. The van der Waals surface area contributed by atoms with Gasteiger partial charge in [0.2, 0.25) is 0 Å². The van der Waals surface area contributed by atoms with E-state index in [4.69, 9.17) is 0 Å². The molecular weight excluding hydrogens is 461 g/mol. The molecule has 4 heteroatoms. The highest BCUT2D eigenvalue weighted by Gasteiger charge is 2.13. The molecule has 0 aliphatic rings. The Bertz CT molecular complexity index is 1040. The lowest BCUT2D eigenvalue weighted by atomic mass is 10.3. The normalized spacial score (nSPS) is 12.0. The Labute approximate surface area is 180 Å². The molecular formula is C24H20BrP3. The summed E-state index contributed by atoms with van der Waals surface area (Å²) < 4.78 is 1.28. The molecule has 4 aromatic carbocycles. The average molecular weight is 481 g/mol. The van der Waals surface area contributed by atoms with Crippen LogP contribution in [-0.2, 0) is 0 Å². The van der Waals surface area contributed by atoms with E-state index in [-0.39, 0.29) is 0 Å². The standard InChI is InChI=1S/C24H20BrP3/c25-23-21(26-18-10-4-1-5-11-18)16-17-22(27-19-12-6-2-7-13-19)24(23)28-20-14-8-3-9-15-20/h1-17,26-28H. The summed E-state index contributed by atoms with van der Waals surface area (Å²) in [4.78, 5) is 0. The molecule has 0 radical (unpaired) electrons. The zero-order chi connectivity index (χ0) is 19.2. The third kappa shape index (κ3) is 5.17. The lowest BCUT2D eigenvalue weighted by molar-refractivity contribution is 1.77. The van der Waals surface area contributed by atoms with E-state index in [1.807, 2.05) is 0 Å². The van der Waals surface area contributed by atoms with Crippen LogP contribution >= 0.6 is 41.7 Å². The maximum absolute atomic E-state index is 3.98. The molecule has 0 aromatic heterocycles. The highest BCUT2D eigenvalue weighted by molar-refractivity contribution is 9.11. The predicted molar refractivity (Wildman–Crippen MR) is 136 cm³/mol. The number of hydrogen-bond donors (Lipinski definition) is 0. The Morgan fingerprint density at radius 3 is 1.32 bits per heavy atom.